The molecule has 4 nitrogen and oxygen atoms in total. The first-order valence-electron chi connectivity index (χ1n) is 7.15. The standard InChI is InChI=1S/C17H26N2O2/c1-11-8-9-13(10-12(11)2)18-14(20)17(6,7)15(21)19-16(3,4)5/h8-10H,1-7H3,(H,18,20)(H,19,21). The molecule has 4 heteroatoms. The Kier molecular flexibility index (Phi) is 4.82. The summed E-state index contributed by atoms with van der Waals surface area (Å²) >= 11 is 0. The van der Waals surface area contributed by atoms with E-state index in [4.69, 9.17) is 0 Å². The number of amides is 2. The predicted molar refractivity (Wildman–Crippen MR) is 86.2 cm³/mol. The van der Waals surface area contributed by atoms with Gasteiger partial charge in [-0.05, 0) is 71.7 Å². The second-order valence-corrected chi connectivity index (χ2v) is 7.08. The van der Waals surface area contributed by atoms with Crippen molar-refractivity contribution >= 4 is 17.5 Å². The first-order chi connectivity index (χ1) is 9.43. The lowest BCUT2D eigenvalue weighted by Crippen LogP contribution is -2.51. The van der Waals surface area contributed by atoms with Gasteiger partial charge < -0.3 is 10.6 Å². The summed E-state index contributed by atoms with van der Waals surface area (Å²) in [6.07, 6.45) is 0. The van der Waals surface area contributed by atoms with Crippen LogP contribution < -0.4 is 10.6 Å². The van der Waals surface area contributed by atoms with Crippen LogP contribution in [0.4, 0.5) is 5.69 Å². The van der Waals surface area contributed by atoms with E-state index in [0.29, 0.717) is 5.69 Å². The largest absolute Gasteiger partial charge is 0.351 e. The molecule has 0 atom stereocenters. The molecule has 2 amide bonds. The van der Waals surface area contributed by atoms with Gasteiger partial charge in [-0.15, -0.1) is 0 Å². The number of benzene rings is 1. The van der Waals surface area contributed by atoms with Crippen molar-refractivity contribution in [2.24, 2.45) is 5.41 Å². The average Bonchev–Trinajstić information content (AvgIpc) is 2.31. The maximum Gasteiger partial charge on any atom is 0.239 e. The van der Waals surface area contributed by atoms with Gasteiger partial charge in [-0.2, -0.15) is 0 Å². The fourth-order valence-corrected chi connectivity index (χ4v) is 1.71. The highest BCUT2D eigenvalue weighted by molar-refractivity contribution is 6.10. The van der Waals surface area contributed by atoms with Crippen molar-refractivity contribution in [1.82, 2.24) is 5.32 Å². The van der Waals surface area contributed by atoms with Crippen molar-refractivity contribution in [1.29, 1.82) is 0 Å². The van der Waals surface area contributed by atoms with Crippen LogP contribution in [0.25, 0.3) is 0 Å². The second-order valence-electron chi connectivity index (χ2n) is 7.08. The van der Waals surface area contributed by atoms with E-state index >= 15 is 0 Å². The van der Waals surface area contributed by atoms with E-state index in [0.717, 1.165) is 11.1 Å². The highest BCUT2D eigenvalue weighted by atomic mass is 16.2. The zero-order valence-electron chi connectivity index (χ0n) is 14.0. The molecule has 0 aromatic heterocycles. The van der Waals surface area contributed by atoms with Crippen LogP contribution in [-0.2, 0) is 9.59 Å². The second kappa shape index (κ2) is 5.88. The minimum atomic E-state index is -1.13. The zero-order chi connectivity index (χ0) is 16.4. The van der Waals surface area contributed by atoms with E-state index in [1.165, 1.54) is 0 Å². The van der Waals surface area contributed by atoms with Crippen LogP contribution in [0.5, 0.6) is 0 Å². The lowest BCUT2D eigenvalue weighted by Gasteiger charge is -2.28. The van der Waals surface area contributed by atoms with Crippen molar-refractivity contribution < 1.29 is 9.59 Å². The summed E-state index contributed by atoms with van der Waals surface area (Å²) in [4.78, 5) is 24.6. The van der Waals surface area contributed by atoms with Crippen LogP contribution in [0.3, 0.4) is 0 Å². The first kappa shape index (κ1) is 17.2. The molecule has 0 spiro atoms. The molecule has 21 heavy (non-hydrogen) atoms. The molecule has 0 saturated heterocycles. The van der Waals surface area contributed by atoms with Gasteiger partial charge in [0.15, 0.2) is 0 Å². The maximum atomic E-state index is 12.4. The summed E-state index contributed by atoms with van der Waals surface area (Å²) in [5.74, 6) is -0.594. The number of nitrogens with one attached hydrogen (secondary N) is 2. The number of hydrogen-bond acceptors (Lipinski definition) is 2. The molecule has 0 radical (unpaired) electrons. The van der Waals surface area contributed by atoms with Crippen LogP contribution in [-0.4, -0.2) is 17.4 Å². The van der Waals surface area contributed by atoms with Gasteiger partial charge in [0, 0.05) is 11.2 Å². The lowest BCUT2D eigenvalue weighted by atomic mass is 9.89. The van der Waals surface area contributed by atoms with Crippen molar-refractivity contribution in [2.75, 3.05) is 5.32 Å². The molecule has 0 heterocycles. The van der Waals surface area contributed by atoms with Crippen molar-refractivity contribution in [2.45, 2.75) is 54.0 Å². The Bertz CT molecular complexity index is 554. The van der Waals surface area contributed by atoms with Crippen LogP contribution in [0.15, 0.2) is 18.2 Å². The summed E-state index contributed by atoms with van der Waals surface area (Å²) in [6.45, 7) is 12.9. The van der Waals surface area contributed by atoms with Gasteiger partial charge in [0.25, 0.3) is 0 Å². The van der Waals surface area contributed by atoms with Gasteiger partial charge in [-0.3, -0.25) is 9.59 Å². The van der Waals surface area contributed by atoms with Gasteiger partial charge in [-0.1, -0.05) is 6.07 Å². The highest BCUT2D eigenvalue weighted by Crippen LogP contribution is 2.21. The van der Waals surface area contributed by atoms with E-state index in [9.17, 15) is 9.59 Å². The third-order valence-electron chi connectivity index (χ3n) is 3.39. The fourth-order valence-electron chi connectivity index (χ4n) is 1.71. The summed E-state index contributed by atoms with van der Waals surface area (Å²) in [7, 11) is 0. The van der Waals surface area contributed by atoms with E-state index in [-0.39, 0.29) is 17.4 Å². The number of carbonyl (C=O) groups is 2. The monoisotopic (exact) mass is 290 g/mol. The summed E-state index contributed by atoms with van der Waals surface area (Å²) in [5, 5.41) is 5.66. The van der Waals surface area contributed by atoms with Crippen LogP contribution >= 0.6 is 0 Å². The first-order valence-corrected chi connectivity index (χ1v) is 7.15. The Morgan fingerprint density at radius 1 is 0.905 bits per heavy atom. The number of hydrogen-bond donors (Lipinski definition) is 2. The minimum Gasteiger partial charge on any atom is -0.351 e. The summed E-state index contributed by atoms with van der Waals surface area (Å²) in [6, 6.07) is 5.70. The quantitative estimate of drug-likeness (QED) is 0.840. The number of aryl methyl sites for hydroxylation is 2. The van der Waals surface area contributed by atoms with Crippen LogP contribution in [0, 0.1) is 19.3 Å². The van der Waals surface area contributed by atoms with Crippen molar-refractivity contribution in [3.8, 4) is 0 Å². The summed E-state index contributed by atoms with van der Waals surface area (Å²) < 4.78 is 0. The van der Waals surface area contributed by atoms with Crippen molar-refractivity contribution in [3.05, 3.63) is 29.3 Å². The predicted octanol–water partition coefficient (Wildman–Crippen LogP) is 3.18. The lowest BCUT2D eigenvalue weighted by molar-refractivity contribution is -0.139. The maximum absolute atomic E-state index is 12.4. The zero-order valence-corrected chi connectivity index (χ0v) is 14.0. The van der Waals surface area contributed by atoms with E-state index in [2.05, 4.69) is 10.6 Å². The smallest absolute Gasteiger partial charge is 0.239 e. The topological polar surface area (TPSA) is 58.2 Å². The molecule has 116 valence electrons. The normalized spacial score (nSPS) is 12.0. The number of anilines is 1. The van der Waals surface area contributed by atoms with Gasteiger partial charge in [0.05, 0.1) is 0 Å². The molecule has 0 unspecified atom stereocenters. The number of rotatable bonds is 3. The highest BCUT2D eigenvalue weighted by Gasteiger charge is 2.37. The summed E-state index contributed by atoms with van der Waals surface area (Å²) in [5.41, 5.74) is 1.48. The Labute approximate surface area is 127 Å². The molecule has 0 bridgehead atoms. The molecule has 0 saturated carbocycles. The third-order valence-corrected chi connectivity index (χ3v) is 3.39. The molecular formula is C17H26N2O2. The molecular weight excluding hydrogens is 264 g/mol. The average molecular weight is 290 g/mol. The number of carbonyl (C=O) groups excluding carboxylic acids is 2. The fraction of sp³-hybridized carbons (Fsp3) is 0.529. The molecule has 0 aliphatic heterocycles. The Morgan fingerprint density at radius 2 is 1.48 bits per heavy atom. The SMILES string of the molecule is Cc1ccc(NC(=O)C(C)(C)C(=O)NC(C)(C)C)cc1C. The Hall–Kier alpha value is -1.84. The van der Waals surface area contributed by atoms with Gasteiger partial charge >= 0.3 is 0 Å². The Morgan fingerprint density at radius 3 is 1.95 bits per heavy atom. The molecule has 2 N–H and O–H groups in total. The third kappa shape index (κ3) is 4.59. The molecule has 1 aromatic rings. The van der Waals surface area contributed by atoms with Crippen molar-refractivity contribution in [3.63, 3.8) is 0 Å². The van der Waals surface area contributed by atoms with E-state index in [1.807, 2.05) is 52.8 Å². The molecule has 1 aromatic carbocycles. The molecule has 0 fully saturated rings. The van der Waals surface area contributed by atoms with Gasteiger partial charge in [0.1, 0.15) is 5.41 Å². The minimum absolute atomic E-state index is 0.281. The molecule has 0 aliphatic carbocycles. The molecule has 1 rings (SSSR count). The van der Waals surface area contributed by atoms with E-state index < -0.39 is 5.41 Å². The van der Waals surface area contributed by atoms with E-state index in [1.54, 1.807) is 13.8 Å². The molecule has 0 aliphatic rings. The van der Waals surface area contributed by atoms with Gasteiger partial charge in [0.2, 0.25) is 11.8 Å². The van der Waals surface area contributed by atoms with Crippen LogP contribution in [0.2, 0.25) is 0 Å². The van der Waals surface area contributed by atoms with Gasteiger partial charge in [-0.25, -0.2) is 0 Å². The van der Waals surface area contributed by atoms with Crippen LogP contribution in [0.1, 0.15) is 45.7 Å². The Balaban J connectivity index is 2.86.